The Balaban J connectivity index is 2.13. The largest absolute Gasteiger partial charge is 0.508 e. The highest BCUT2D eigenvalue weighted by Gasteiger charge is 2.17. The van der Waals surface area contributed by atoms with Gasteiger partial charge in [0.1, 0.15) is 5.75 Å². The normalized spacial score (nSPS) is 11.4. The van der Waals surface area contributed by atoms with E-state index in [1.807, 2.05) is 29.2 Å². The molecule has 3 heteroatoms. The van der Waals surface area contributed by atoms with Gasteiger partial charge in [-0.3, -0.25) is 0 Å². The van der Waals surface area contributed by atoms with E-state index in [0.29, 0.717) is 11.8 Å². The summed E-state index contributed by atoms with van der Waals surface area (Å²) in [5.74, 6) is 1.14. The smallest absolute Gasteiger partial charge is 0.117 e. The average molecular weight is 320 g/mol. The van der Waals surface area contributed by atoms with E-state index in [1.54, 1.807) is 12.1 Å². The molecule has 0 unspecified atom stereocenters. The van der Waals surface area contributed by atoms with Gasteiger partial charge in [-0.2, -0.15) is 5.10 Å². The average Bonchev–Trinajstić information content (AvgIpc) is 3.03. The van der Waals surface area contributed by atoms with Crippen LogP contribution in [0.4, 0.5) is 0 Å². The van der Waals surface area contributed by atoms with Crippen LogP contribution >= 0.6 is 0 Å². The number of phenols is 1. The van der Waals surface area contributed by atoms with Crippen LogP contribution in [0.25, 0.3) is 16.8 Å². The zero-order valence-electron chi connectivity index (χ0n) is 14.7. The van der Waals surface area contributed by atoms with Crippen molar-refractivity contribution in [3.05, 3.63) is 66.0 Å². The predicted octanol–water partition coefficient (Wildman–Crippen LogP) is 5.49. The zero-order chi connectivity index (χ0) is 17.3. The minimum atomic E-state index is 0.245. The molecule has 0 bridgehead atoms. The first-order valence-electron chi connectivity index (χ1n) is 8.44. The molecule has 24 heavy (non-hydrogen) atoms. The van der Waals surface area contributed by atoms with Crippen molar-refractivity contribution in [2.45, 2.75) is 39.5 Å². The van der Waals surface area contributed by atoms with Crippen LogP contribution in [-0.4, -0.2) is 14.9 Å². The van der Waals surface area contributed by atoms with Crippen LogP contribution in [0.3, 0.4) is 0 Å². The number of benzene rings is 2. The molecule has 0 fully saturated rings. The van der Waals surface area contributed by atoms with Crippen molar-refractivity contribution in [2.75, 3.05) is 0 Å². The topological polar surface area (TPSA) is 38.0 Å². The summed E-state index contributed by atoms with van der Waals surface area (Å²) in [5, 5.41) is 14.2. The highest BCUT2D eigenvalue weighted by molar-refractivity contribution is 5.71. The second-order valence-electron chi connectivity index (χ2n) is 6.81. The molecule has 0 radical (unpaired) electrons. The molecule has 1 aromatic heterocycles. The molecule has 0 atom stereocenters. The highest BCUT2D eigenvalue weighted by Crippen LogP contribution is 2.36. The van der Waals surface area contributed by atoms with Gasteiger partial charge in [0.25, 0.3) is 0 Å². The molecule has 3 nitrogen and oxygen atoms in total. The van der Waals surface area contributed by atoms with E-state index in [9.17, 15) is 5.11 Å². The number of nitrogens with zero attached hydrogens (tertiary/aromatic N) is 2. The third-order valence-electron chi connectivity index (χ3n) is 4.34. The minimum Gasteiger partial charge on any atom is -0.508 e. The SMILES string of the molecule is CC(C)c1cccc(C(C)C)c1-c1cnn(-c2cccc(O)c2)c1. The predicted molar refractivity (Wildman–Crippen MR) is 98.8 cm³/mol. The monoisotopic (exact) mass is 320 g/mol. The van der Waals surface area contributed by atoms with Gasteiger partial charge in [0.15, 0.2) is 0 Å². The van der Waals surface area contributed by atoms with Gasteiger partial charge in [-0.1, -0.05) is 52.0 Å². The Morgan fingerprint density at radius 3 is 2.12 bits per heavy atom. The van der Waals surface area contributed by atoms with Gasteiger partial charge < -0.3 is 5.11 Å². The van der Waals surface area contributed by atoms with E-state index in [2.05, 4.69) is 51.0 Å². The standard InChI is InChI=1S/C21H24N2O/c1-14(2)19-9-6-10-20(15(3)4)21(19)16-12-22-23(13-16)17-7-5-8-18(24)11-17/h5-15,24H,1-4H3. The maximum Gasteiger partial charge on any atom is 0.117 e. The third kappa shape index (κ3) is 3.07. The molecular weight excluding hydrogens is 296 g/mol. The zero-order valence-corrected chi connectivity index (χ0v) is 14.7. The van der Waals surface area contributed by atoms with Crippen LogP contribution in [-0.2, 0) is 0 Å². The molecule has 3 aromatic rings. The van der Waals surface area contributed by atoms with Gasteiger partial charge in [-0.15, -0.1) is 0 Å². The minimum absolute atomic E-state index is 0.245. The molecule has 0 aliphatic rings. The number of hydrogen-bond acceptors (Lipinski definition) is 2. The van der Waals surface area contributed by atoms with E-state index < -0.39 is 0 Å². The highest BCUT2D eigenvalue weighted by atomic mass is 16.3. The summed E-state index contributed by atoms with van der Waals surface area (Å²) in [6, 6.07) is 13.7. The fourth-order valence-electron chi connectivity index (χ4n) is 3.11. The van der Waals surface area contributed by atoms with Crippen molar-refractivity contribution in [3.63, 3.8) is 0 Å². The van der Waals surface area contributed by atoms with Crippen molar-refractivity contribution in [1.29, 1.82) is 0 Å². The number of hydrogen-bond donors (Lipinski definition) is 1. The van der Waals surface area contributed by atoms with Crippen LogP contribution in [0.5, 0.6) is 5.75 Å². The van der Waals surface area contributed by atoms with Crippen molar-refractivity contribution in [3.8, 4) is 22.6 Å². The molecule has 0 aliphatic carbocycles. The number of rotatable bonds is 4. The van der Waals surface area contributed by atoms with Gasteiger partial charge in [0.05, 0.1) is 11.9 Å². The quantitative estimate of drug-likeness (QED) is 0.690. The van der Waals surface area contributed by atoms with Crippen molar-refractivity contribution < 1.29 is 5.11 Å². The van der Waals surface area contributed by atoms with Crippen LogP contribution in [0.1, 0.15) is 50.7 Å². The van der Waals surface area contributed by atoms with Crippen molar-refractivity contribution in [1.82, 2.24) is 9.78 Å². The molecule has 0 amide bonds. The van der Waals surface area contributed by atoms with Gasteiger partial charge in [-0.25, -0.2) is 4.68 Å². The lowest BCUT2D eigenvalue weighted by Gasteiger charge is -2.18. The Bertz CT molecular complexity index is 820. The molecule has 0 aliphatic heterocycles. The summed E-state index contributed by atoms with van der Waals surface area (Å²) >= 11 is 0. The summed E-state index contributed by atoms with van der Waals surface area (Å²) < 4.78 is 1.82. The molecule has 1 N–H and O–H groups in total. The Morgan fingerprint density at radius 2 is 1.54 bits per heavy atom. The van der Waals surface area contributed by atoms with Crippen LogP contribution in [0, 0.1) is 0 Å². The lowest BCUT2D eigenvalue weighted by molar-refractivity contribution is 0.475. The second-order valence-corrected chi connectivity index (χ2v) is 6.81. The molecule has 2 aromatic carbocycles. The van der Waals surface area contributed by atoms with Gasteiger partial charge in [-0.05, 0) is 40.7 Å². The fourth-order valence-corrected chi connectivity index (χ4v) is 3.11. The van der Waals surface area contributed by atoms with Gasteiger partial charge in [0.2, 0.25) is 0 Å². The molecule has 1 heterocycles. The molecule has 0 saturated heterocycles. The van der Waals surface area contributed by atoms with E-state index in [4.69, 9.17) is 0 Å². The maximum absolute atomic E-state index is 9.69. The van der Waals surface area contributed by atoms with Crippen molar-refractivity contribution in [2.24, 2.45) is 0 Å². The van der Waals surface area contributed by atoms with E-state index in [-0.39, 0.29) is 5.75 Å². The summed E-state index contributed by atoms with van der Waals surface area (Å²) in [4.78, 5) is 0. The van der Waals surface area contributed by atoms with E-state index in [1.165, 1.54) is 16.7 Å². The van der Waals surface area contributed by atoms with Crippen LogP contribution < -0.4 is 0 Å². The molecule has 0 spiro atoms. The Hall–Kier alpha value is -2.55. The first-order chi connectivity index (χ1) is 11.5. The Labute approximate surface area is 143 Å². The van der Waals surface area contributed by atoms with E-state index in [0.717, 1.165) is 11.3 Å². The number of phenolic OH excluding ortho intramolecular Hbond substituents is 1. The van der Waals surface area contributed by atoms with Gasteiger partial charge >= 0.3 is 0 Å². The summed E-state index contributed by atoms with van der Waals surface area (Å²) in [5.41, 5.74) is 5.95. The number of aromatic nitrogens is 2. The van der Waals surface area contributed by atoms with Crippen LogP contribution in [0.15, 0.2) is 54.9 Å². The maximum atomic E-state index is 9.69. The molecule has 124 valence electrons. The molecule has 0 saturated carbocycles. The third-order valence-corrected chi connectivity index (χ3v) is 4.34. The second kappa shape index (κ2) is 6.52. The molecule has 3 rings (SSSR count). The molecular formula is C21H24N2O. The fraction of sp³-hybridized carbons (Fsp3) is 0.286. The van der Waals surface area contributed by atoms with E-state index >= 15 is 0 Å². The summed E-state index contributed by atoms with van der Waals surface area (Å²) in [7, 11) is 0. The van der Waals surface area contributed by atoms with Gasteiger partial charge in [0, 0.05) is 17.8 Å². The number of aromatic hydroxyl groups is 1. The first kappa shape index (κ1) is 16.3. The lowest BCUT2D eigenvalue weighted by Crippen LogP contribution is -1.99. The lowest BCUT2D eigenvalue weighted by atomic mass is 9.86. The first-order valence-corrected chi connectivity index (χ1v) is 8.44. The van der Waals surface area contributed by atoms with Crippen molar-refractivity contribution >= 4 is 0 Å². The Kier molecular flexibility index (Phi) is 4.43. The summed E-state index contributed by atoms with van der Waals surface area (Å²) in [6.07, 6.45) is 3.96. The summed E-state index contributed by atoms with van der Waals surface area (Å²) in [6.45, 7) is 8.90. The Morgan fingerprint density at radius 1 is 0.917 bits per heavy atom. The van der Waals surface area contributed by atoms with Crippen LogP contribution in [0.2, 0.25) is 0 Å².